The van der Waals surface area contributed by atoms with Crippen LogP contribution in [0.4, 0.5) is 10.9 Å². The van der Waals surface area contributed by atoms with Gasteiger partial charge in [-0.25, -0.2) is 9.97 Å². The van der Waals surface area contributed by atoms with Crippen LogP contribution < -0.4 is 9.80 Å². The Morgan fingerprint density at radius 2 is 2.00 bits per heavy atom. The quantitative estimate of drug-likeness (QED) is 0.811. The Morgan fingerprint density at radius 1 is 1.24 bits per heavy atom. The molecule has 1 fully saturated rings. The summed E-state index contributed by atoms with van der Waals surface area (Å²) in [5.41, 5.74) is 0.914. The third kappa shape index (κ3) is 2.90. The molecule has 5 nitrogen and oxygen atoms in total. The number of piperazine rings is 1. The number of thiazole rings is 1. The lowest BCUT2D eigenvalue weighted by Crippen LogP contribution is -2.46. The van der Waals surface area contributed by atoms with Crippen molar-refractivity contribution in [2.75, 3.05) is 36.0 Å². The number of nitrogens with zero attached hydrogens (tertiary/aromatic N) is 4. The van der Waals surface area contributed by atoms with Crippen LogP contribution in [-0.4, -0.2) is 42.4 Å². The summed E-state index contributed by atoms with van der Waals surface area (Å²) in [5, 5.41) is 0.967. The van der Waals surface area contributed by atoms with Crippen molar-refractivity contribution in [2.45, 2.75) is 13.3 Å². The molecule has 6 heteroatoms. The van der Waals surface area contributed by atoms with E-state index in [4.69, 9.17) is 0 Å². The summed E-state index contributed by atoms with van der Waals surface area (Å²) in [6.07, 6.45) is 3.55. The Morgan fingerprint density at radius 3 is 2.57 bits per heavy atom. The van der Waals surface area contributed by atoms with Crippen molar-refractivity contribution in [3.8, 4) is 0 Å². The number of aryl methyl sites for hydroxylation is 1. The Balaban J connectivity index is 1.68. The normalized spacial score (nSPS) is 15.3. The van der Waals surface area contributed by atoms with E-state index in [2.05, 4.69) is 19.8 Å². The van der Waals surface area contributed by atoms with Gasteiger partial charge in [0.15, 0.2) is 11.4 Å². The Kier molecular flexibility index (Phi) is 4.15. The van der Waals surface area contributed by atoms with Gasteiger partial charge in [-0.05, 0) is 18.6 Å². The van der Waals surface area contributed by atoms with Gasteiger partial charge in [-0.2, -0.15) is 0 Å². The highest BCUT2D eigenvalue weighted by Gasteiger charge is 2.21. The lowest BCUT2D eigenvalue weighted by atomic mass is 10.3. The molecule has 2 aromatic heterocycles. The SMILES string of the molecule is CCc1nc(N2CCN(c3ccccn3)CC2)sc1C=O. The van der Waals surface area contributed by atoms with E-state index in [1.165, 1.54) is 11.3 Å². The Bertz CT molecular complexity index is 605. The molecule has 0 amide bonds. The molecule has 0 unspecified atom stereocenters. The third-order valence-corrected chi connectivity index (χ3v) is 4.77. The van der Waals surface area contributed by atoms with Crippen molar-refractivity contribution in [1.29, 1.82) is 0 Å². The number of hydrogen-bond donors (Lipinski definition) is 0. The van der Waals surface area contributed by atoms with Gasteiger partial charge in [0.1, 0.15) is 5.82 Å². The number of pyridine rings is 1. The van der Waals surface area contributed by atoms with Gasteiger partial charge in [-0.3, -0.25) is 4.79 Å². The van der Waals surface area contributed by atoms with Crippen LogP contribution in [0.1, 0.15) is 22.3 Å². The average molecular weight is 302 g/mol. The van der Waals surface area contributed by atoms with Crippen LogP contribution in [0, 0.1) is 0 Å². The van der Waals surface area contributed by atoms with Crippen molar-refractivity contribution in [3.05, 3.63) is 35.0 Å². The minimum Gasteiger partial charge on any atom is -0.353 e. The number of aldehydes is 1. The smallest absolute Gasteiger partial charge is 0.186 e. The first kappa shape index (κ1) is 14.0. The predicted molar refractivity (Wildman–Crippen MR) is 85.5 cm³/mol. The zero-order chi connectivity index (χ0) is 14.7. The van der Waals surface area contributed by atoms with Crippen LogP contribution in [-0.2, 0) is 6.42 Å². The standard InChI is InChI=1S/C15H18N4OS/c1-2-12-13(11-20)21-15(17-12)19-9-7-18(8-10-19)14-5-3-4-6-16-14/h3-6,11H,2,7-10H2,1H3. The molecule has 1 saturated heterocycles. The fourth-order valence-corrected chi connectivity index (χ4v) is 3.52. The van der Waals surface area contributed by atoms with E-state index >= 15 is 0 Å². The van der Waals surface area contributed by atoms with E-state index in [1.807, 2.05) is 31.3 Å². The molecule has 21 heavy (non-hydrogen) atoms. The number of aromatic nitrogens is 2. The molecule has 3 rings (SSSR count). The second-order valence-corrected chi connectivity index (χ2v) is 5.95. The zero-order valence-corrected chi connectivity index (χ0v) is 12.8. The number of hydrogen-bond acceptors (Lipinski definition) is 6. The molecule has 0 radical (unpaired) electrons. The van der Waals surface area contributed by atoms with Crippen molar-refractivity contribution < 1.29 is 4.79 Å². The highest BCUT2D eigenvalue weighted by Crippen LogP contribution is 2.27. The monoisotopic (exact) mass is 302 g/mol. The predicted octanol–water partition coefficient (Wildman–Crippen LogP) is 2.24. The van der Waals surface area contributed by atoms with Gasteiger partial charge in [0.05, 0.1) is 10.6 Å². The van der Waals surface area contributed by atoms with E-state index in [9.17, 15) is 4.79 Å². The zero-order valence-electron chi connectivity index (χ0n) is 12.0. The maximum atomic E-state index is 11.1. The van der Waals surface area contributed by atoms with E-state index < -0.39 is 0 Å². The number of anilines is 2. The molecule has 1 aliphatic rings. The molecular formula is C15H18N4OS. The Labute approximate surface area is 128 Å². The highest BCUT2D eigenvalue weighted by molar-refractivity contribution is 7.17. The van der Waals surface area contributed by atoms with Gasteiger partial charge in [0.25, 0.3) is 0 Å². The molecule has 0 saturated carbocycles. The summed E-state index contributed by atoms with van der Waals surface area (Å²) in [5.74, 6) is 1.03. The van der Waals surface area contributed by atoms with Gasteiger partial charge in [0.2, 0.25) is 0 Å². The highest BCUT2D eigenvalue weighted by atomic mass is 32.1. The molecule has 0 bridgehead atoms. The summed E-state index contributed by atoms with van der Waals surface area (Å²) in [4.78, 5) is 25.4. The van der Waals surface area contributed by atoms with Gasteiger partial charge < -0.3 is 9.80 Å². The summed E-state index contributed by atoms with van der Waals surface area (Å²) in [6, 6.07) is 5.99. The minimum atomic E-state index is 0.764. The molecule has 0 atom stereocenters. The summed E-state index contributed by atoms with van der Waals surface area (Å²) in [7, 11) is 0. The van der Waals surface area contributed by atoms with Crippen molar-refractivity contribution in [2.24, 2.45) is 0 Å². The van der Waals surface area contributed by atoms with Crippen LogP contribution in [0.5, 0.6) is 0 Å². The summed E-state index contributed by atoms with van der Waals surface area (Å²) < 4.78 is 0. The molecule has 0 N–H and O–H groups in total. The van der Waals surface area contributed by atoms with Crippen LogP contribution in [0.25, 0.3) is 0 Å². The molecule has 3 heterocycles. The van der Waals surface area contributed by atoms with Crippen LogP contribution >= 0.6 is 11.3 Å². The fraction of sp³-hybridized carbons (Fsp3) is 0.400. The van der Waals surface area contributed by atoms with Gasteiger partial charge in [0, 0.05) is 32.4 Å². The van der Waals surface area contributed by atoms with Crippen LogP contribution in [0.3, 0.4) is 0 Å². The molecule has 1 aliphatic heterocycles. The van der Waals surface area contributed by atoms with Gasteiger partial charge in [-0.15, -0.1) is 0 Å². The topological polar surface area (TPSA) is 49.3 Å². The van der Waals surface area contributed by atoms with Gasteiger partial charge >= 0.3 is 0 Å². The molecule has 2 aromatic rings. The van der Waals surface area contributed by atoms with Crippen LogP contribution in [0.15, 0.2) is 24.4 Å². The van der Waals surface area contributed by atoms with Crippen molar-refractivity contribution in [3.63, 3.8) is 0 Å². The number of carbonyl (C=O) groups excluding carboxylic acids is 1. The first-order chi connectivity index (χ1) is 10.3. The van der Waals surface area contributed by atoms with E-state index in [0.29, 0.717) is 0 Å². The average Bonchev–Trinajstić information content (AvgIpc) is 2.99. The molecule has 0 aromatic carbocycles. The van der Waals surface area contributed by atoms with E-state index in [1.54, 1.807) is 0 Å². The van der Waals surface area contributed by atoms with Crippen molar-refractivity contribution >= 4 is 28.6 Å². The first-order valence-corrected chi connectivity index (χ1v) is 7.99. The number of rotatable bonds is 4. The number of carbonyl (C=O) groups is 1. The summed E-state index contributed by atoms with van der Waals surface area (Å²) in [6.45, 7) is 5.70. The largest absolute Gasteiger partial charge is 0.353 e. The molecule has 0 spiro atoms. The Hall–Kier alpha value is -1.95. The first-order valence-electron chi connectivity index (χ1n) is 7.17. The lowest BCUT2D eigenvalue weighted by molar-refractivity contribution is 0.112. The fourth-order valence-electron chi connectivity index (χ4n) is 2.50. The molecule has 110 valence electrons. The van der Waals surface area contributed by atoms with E-state index in [0.717, 1.165) is 60.4 Å². The second kappa shape index (κ2) is 6.22. The van der Waals surface area contributed by atoms with Gasteiger partial charge in [-0.1, -0.05) is 24.3 Å². The van der Waals surface area contributed by atoms with Crippen LogP contribution in [0.2, 0.25) is 0 Å². The maximum Gasteiger partial charge on any atom is 0.186 e. The maximum absolute atomic E-state index is 11.1. The molecule has 0 aliphatic carbocycles. The minimum absolute atomic E-state index is 0.764. The van der Waals surface area contributed by atoms with E-state index in [-0.39, 0.29) is 0 Å². The second-order valence-electron chi connectivity index (χ2n) is 4.94. The third-order valence-electron chi connectivity index (χ3n) is 3.68. The summed E-state index contributed by atoms with van der Waals surface area (Å²) >= 11 is 1.50. The van der Waals surface area contributed by atoms with Crippen molar-refractivity contribution in [1.82, 2.24) is 9.97 Å². The lowest BCUT2D eigenvalue weighted by Gasteiger charge is -2.35. The molecular weight excluding hydrogens is 284 g/mol.